The Labute approximate surface area is 235 Å². The van der Waals surface area contributed by atoms with E-state index in [1.54, 1.807) is 14.1 Å². The third-order valence-corrected chi connectivity index (χ3v) is 6.80. The van der Waals surface area contributed by atoms with Gasteiger partial charge in [-0.1, -0.05) is 72.2 Å². The van der Waals surface area contributed by atoms with E-state index in [0.717, 1.165) is 66.6 Å². The van der Waals surface area contributed by atoms with Gasteiger partial charge in [-0.05, 0) is 70.1 Å². The number of amidine groups is 2. The van der Waals surface area contributed by atoms with E-state index in [4.69, 9.17) is 0 Å². The largest absolute Gasteiger partial charge is 0.373 e. The van der Waals surface area contributed by atoms with Gasteiger partial charge in [-0.25, -0.2) is 0 Å². The minimum atomic E-state index is 0.852. The van der Waals surface area contributed by atoms with Crippen molar-refractivity contribution in [2.24, 2.45) is 9.98 Å². The lowest BCUT2D eigenvalue weighted by molar-refractivity contribution is 1.15. The number of fused-ring (bicyclic) bond motifs is 2. The van der Waals surface area contributed by atoms with Crippen molar-refractivity contribution in [2.75, 3.05) is 28.2 Å². The summed E-state index contributed by atoms with van der Waals surface area (Å²) in [6.45, 7) is 0. The highest BCUT2D eigenvalue weighted by Gasteiger charge is 2.05. The molecule has 0 aliphatic rings. The van der Waals surface area contributed by atoms with Crippen molar-refractivity contribution in [1.29, 1.82) is 0 Å². The monoisotopic (exact) mass is 518 g/mol. The third-order valence-electron chi connectivity index (χ3n) is 6.80. The maximum Gasteiger partial charge on any atom is 0.127 e. The number of rotatable bonds is 2. The minimum Gasteiger partial charge on any atom is -0.373 e. The van der Waals surface area contributed by atoms with Crippen molar-refractivity contribution in [2.45, 2.75) is 0 Å². The number of hydrogen-bond donors (Lipinski definition) is 2. The van der Waals surface area contributed by atoms with Crippen LogP contribution in [0, 0.1) is 23.7 Å². The molecule has 0 saturated heterocycles. The van der Waals surface area contributed by atoms with Crippen LogP contribution < -0.4 is 10.6 Å². The van der Waals surface area contributed by atoms with Crippen LogP contribution in [-0.4, -0.2) is 39.9 Å². The number of hydrogen-bond acceptors (Lipinski definition) is 2. The van der Waals surface area contributed by atoms with E-state index in [0.29, 0.717) is 0 Å². The molecule has 5 aromatic carbocycles. The van der Waals surface area contributed by atoms with Crippen molar-refractivity contribution in [3.8, 4) is 23.7 Å². The van der Waals surface area contributed by atoms with Crippen LogP contribution in [0.1, 0.15) is 33.4 Å². The Morgan fingerprint density at radius 1 is 0.525 bits per heavy atom. The van der Waals surface area contributed by atoms with E-state index in [9.17, 15) is 0 Å². The molecule has 0 aliphatic heterocycles. The molecule has 5 aromatic rings. The van der Waals surface area contributed by atoms with Crippen LogP contribution in [-0.2, 0) is 0 Å². The molecular formula is C36H30N4. The summed E-state index contributed by atoms with van der Waals surface area (Å²) >= 11 is 0. The topological polar surface area (TPSA) is 48.8 Å². The highest BCUT2D eigenvalue weighted by Crippen LogP contribution is 2.27. The van der Waals surface area contributed by atoms with Gasteiger partial charge in [-0.15, -0.1) is 0 Å². The molecule has 0 saturated carbocycles. The van der Waals surface area contributed by atoms with Crippen LogP contribution in [0.4, 0.5) is 0 Å². The van der Waals surface area contributed by atoms with E-state index in [1.165, 1.54) is 0 Å². The highest BCUT2D eigenvalue weighted by molar-refractivity contribution is 6.03. The van der Waals surface area contributed by atoms with Gasteiger partial charge < -0.3 is 10.6 Å². The van der Waals surface area contributed by atoms with Crippen LogP contribution >= 0.6 is 0 Å². The highest BCUT2D eigenvalue weighted by atomic mass is 15.0. The van der Waals surface area contributed by atoms with Gasteiger partial charge in [0.15, 0.2) is 0 Å². The summed E-state index contributed by atoms with van der Waals surface area (Å²) in [5.41, 5.74) is 5.97. The van der Waals surface area contributed by atoms with Crippen LogP contribution in [0.5, 0.6) is 0 Å². The van der Waals surface area contributed by atoms with Gasteiger partial charge in [0.1, 0.15) is 11.7 Å². The molecule has 0 radical (unpaired) electrons. The predicted molar refractivity (Wildman–Crippen MR) is 169 cm³/mol. The second-order valence-electron chi connectivity index (χ2n) is 9.20. The average Bonchev–Trinajstić information content (AvgIpc) is 3.00. The zero-order chi connectivity index (χ0) is 27.9. The van der Waals surface area contributed by atoms with Crippen molar-refractivity contribution in [1.82, 2.24) is 10.6 Å². The normalized spacial score (nSPS) is 11.4. The molecule has 0 fully saturated rings. The van der Waals surface area contributed by atoms with Crippen molar-refractivity contribution < 1.29 is 0 Å². The van der Waals surface area contributed by atoms with Crippen molar-refractivity contribution in [3.63, 3.8) is 0 Å². The second kappa shape index (κ2) is 12.0. The van der Waals surface area contributed by atoms with E-state index >= 15 is 0 Å². The fourth-order valence-electron chi connectivity index (χ4n) is 4.74. The molecule has 0 spiro atoms. The Morgan fingerprint density at radius 3 is 1.32 bits per heavy atom. The summed E-state index contributed by atoms with van der Waals surface area (Å²) in [5, 5.41) is 10.8. The summed E-state index contributed by atoms with van der Waals surface area (Å²) in [4.78, 5) is 8.53. The molecule has 4 nitrogen and oxygen atoms in total. The van der Waals surface area contributed by atoms with Gasteiger partial charge in [0.25, 0.3) is 0 Å². The maximum atomic E-state index is 4.27. The van der Waals surface area contributed by atoms with Gasteiger partial charge in [0.2, 0.25) is 0 Å². The standard InChI is InChI=1S/C36H30N4/c1-37-35(38-2)29-19-13-25(14-20-29)11-17-27-7-5-9-31-23-32-10-6-8-28(34(32)24-33(27)31)18-12-26-15-21-30(22-16-26)36(39-3)40-4/h5-10,13-16,19-24H,1-4H3,(H,37,38)(H,39,40). The Morgan fingerprint density at radius 2 is 0.950 bits per heavy atom. The second-order valence-corrected chi connectivity index (χ2v) is 9.20. The maximum absolute atomic E-state index is 4.27. The zero-order valence-electron chi connectivity index (χ0n) is 23.1. The Hall–Kier alpha value is -5.32. The molecule has 0 heterocycles. The molecule has 194 valence electrons. The van der Waals surface area contributed by atoms with Crippen LogP contribution in [0.3, 0.4) is 0 Å². The number of benzene rings is 5. The van der Waals surface area contributed by atoms with E-state index in [1.807, 2.05) is 62.6 Å². The van der Waals surface area contributed by atoms with Gasteiger partial charge in [0, 0.05) is 61.6 Å². The summed E-state index contributed by atoms with van der Waals surface area (Å²) in [6.07, 6.45) is 0. The fourth-order valence-corrected chi connectivity index (χ4v) is 4.74. The third kappa shape index (κ3) is 5.58. The zero-order valence-corrected chi connectivity index (χ0v) is 23.1. The molecule has 5 rings (SSSR count). The summed E-state index contributed by atoms with van der Waals surface area (Å²) < 4.78 is 0. The van der Waals surface area contributed by atoms with Gasteiger partial charge in [-0.3, -0.25) is 9.98 Å². The quantitative estimate of drug-likeness (QED) is 0.131. The van der Waals surface area contributed by atoms with Gasteiger partial charge >= 0.3 is 0 Å². The number of nitrogens with one attached hydrogen (secondary N) is 2. The molecule has 4 heteroatoms. The molecule has 0 bridgehead atoms. The van der Waals surface area contributed by atoms with E-state index in [-0.39, 0.29) is 0 Å². The lowest BCUT2D eigenvalue weighted by Crippen LogP contribution is -2.19. The first kappa shape index (κ1) is 26.3. The van der Waals surface area contributed by atoms with Crippen LogP contribution in [0.2, 0.25) is 0 Å². The van der Waals surface area contributed by atoms with Crippen molar-refractivity contribution >= 4 is 33.2 Å². The smallest absolute Gasteiger partial charge is 0.127 e. The molecule has 0 amide bonds. The molecule has 0 aromatic heterocycles. The van der Waals surface area contributed by atoms with Crippen LogP contribution in [0.15, 0.2) is 107 Å². The van der Waals surface area contributed by atoms with Crippen LogP contribution in [0.25, 0.3) is 21.5 Å². The SMILES string of the molecule is CN=C(NC)c1ccc(C#Cc2cccc3cc4cccc(C#Cc5ccc(C(=NC)NC)cc5)c4cc23)cc1. The first-order chi connectivity index (χ1) is 19.6. The lowest BCUT2D eigenvalue weighted by atomic mass is 9.97. The Balaban J connectivity index is 1.50. The van der Waals surface area contributed by atoms with Crippen molar-refractivity contribution in [3.05, 3.63) is 130 Å². The average molecular weight is 519 g/mol. The lowest BCUT2D eigenvalue weighted by Gasteiger charge is -2.07. The molecule has 2 N–H and O–H groups in total. The van der Waals surface area contributed by atoms with E-state index < -0.39 is 0 Å². The first-order valence-electron chi connectivity index (χ1n) is 13.1. The number of aliphatic imine (C=N–C) groups is 2. The molecule has 0 atom stereocenters. The Kier molecular flexibility index (Phi) is 7.91. The molecular weight excluding hydrogens is 488 g/mol. The fraction of sp³-hybridized carbons (Fsp3) is 0.111. The molecule has 0 unspecified atom stereocenters. The summed E-state index contributed by atoms with van der Waals surface area (Å²) in [7, 11) is 7.30. The predicted octanol–water partition coefficient (Wildman–Crippen LogP) is 5.98. The van der Waals surface area contributed by atoms with E-state index in [2.05, 4.69) is 92.8 Å². The van der Waals surface area contributed by atoms with Gasteiger partial charge in [0.05, 0.1) is 0 Å². The Bertz CT molecular complexity index is 1740. The molecule has 0 aliphatic carbocycles. The summed E-state index contributed by atoms with van der Waals surface area (Å²) in [6, 6.07) is 33.3. The molecule has 40 heavy (non-hydrogen) atoms. The minimum absolute atomic E-state index is 0.852. The summed E-state index contributed by atoms with van der Waals surface area (Å²) in [5.74, 6) is 15.2. The number of nitrogens with zero attached hydrogens (tertiary/aromatic N) is 2. The van der Waals surface area contributed by atoms with Gasteiger partial charge in [-0.2, -0.15) is 0 Å². The first-order valence-corrected chi connectivity index (χ1v) is 13.1.